The zero-order chi connectivity index (χ0) is 13.7. The minimum atomic E-state index is -1.06. The molecule has 0 saturated heterocycles. The van der Waals surface area contributed by atoms with Crippen molar-refractivity contribution in [2.45, 2.75) is 19.4 Å². The summed E-state index contributed by atoms with van der Waals surface area (Å²) in [6.45, 7) is 1.79. The van der Waals surface area contributed by atoms with E-state index in [0.717, 1.165) is 36.9 Å². The molecule has 5 nitrogen and oxygen atoms in total. The highest BCUT2D eigenvalue weighted by Crippen LogP contribution is 2.20. The number of aromatic carboxylic acids is 1. The molecule has 3 N–H and O–H groups in total. The molecule has 0 spiro atoms. The standard InChI is InChI=1S/C14H17NO4/c16-6-2-1-5-15-9-10-3-4-12-11(7-10)8-13(19-12)14(17)18/h3-4,7-8,15-16H,1-2,5-6,9H2,(H,17,18). The van der Waals surface area contributed by atoms with Crippen LogP contribution in [0.3, 0.4) is 0 Å². The van der Waals surface area contributed by atoms with Crippen LogP contribution in [0.15, 0.2) is 28.7 Å². The number of hydrogen-bond acceptors (Lipinski definition) is 4. The Hall–Kier alpha value is -1.85. The van der Waals surface area contributed by atoms with E-state index in [1.807, 2.05) is 12.1 Å². The van der Waals surface area contributed by atoms with Crippen molar-refractivity contribution in [2.75, 3.05) is 13.2 Å². The molecule has 0 aliphatic heterocycles. The second-order valence-electron chi connectivity index (χ2n) is 4.40. The summed E-state index contributed by atoms with van der Waals surface area (Å²) in [5, 5.41) is 21.6. The molecule has 102 valence electrons. The molecule has 1 aromatic carbocycles. The lowest BCUT2D eigenvalue weighted by Gasteiger charge is -2.04. The number of unbranched alkanes of at least 4 members (excludes halogenated alkanes) is 1. The van der Waals surface area contributed by atoms with E-state index in [-0.39, 0.29) is 12.4 Å². The fourth-order valence-electron chi connectivity index (χ4n) is 1.90. The van der Waals surface area contributed by atoms with Gasteiger partial charge < -0.3 is 19.9 Å². The van der Waals surface area contributed by atoms with E-state index < -0.39 is 5.97 Å². The third kappa shape index (κ3) is 3.56. The van der Waals surface area contributed by atoms with Gasteiger partial charge in [-0.25, -0.2) is 4.79 Å². The number of hydrogen-bond donors (Lipinski definition) is 3. The van der Waals surface area contributed by atoms with Crippen molar-refractivity contribution in [3.63, 3.8) is 0 Å². The third-order valence-electron chi connectivity index (χ3n) is 2.88. The fourth-order valence-corrected chi connectivity index (χ4v) is 1.90. The number of furan rings is 1. The molecule has 0 amide bonds. The highest BCUT2D eigenvalue weighted by Gasteiger charge is 2.10. The maximum atomic E-state index is 10.8. The van der Waals surface area contributed by atoms with Crippen LogP contribution in [-0.4, -0.2) is 29.3 Å². The molecule has 19 heavy (non-hydrogen) atoms. The quantitative estimate of drug-likeness (QED) is 0.665. The normalized spacial score (nSPS) is 11.0. The first-order valence-electron chi connectivity index (χ1n) is 6.28. The molecular formula is C14H17NO4. The molecule has 0 atom stereocenters. The monoisotopic (exact) mass is 263 g/mol. The van der Waals surface area contributed by atoms with Gasteiger partial charge in [0.25, 0.3) is 0 Å². The van der Waals surface area contributed by atoms with Gasteiger partial charge in [0.05, 0.1) is 0 Å². The molecule has 0 saturated carbocycles. The van der Waals surface area contributed by atoms with Gasteiger partial charge in [0.15, 0.2) is 0 Å². The van der Waals surface area contributed by atoms with Crippen LogP contribution in [0.25, 0.3) is 11.0 Å². The van der Waals surface area contributed by atoms with E-state index in [9.17, 15) is 4.79 Å². The first-order chi connectivity index (χ1) is 9.20. The van der Waals surface area contributed by atoms with Crippen LogP contribution >= 0.6 is 0 Å². The predicted molar refractivity (Wildman–Crippen MR) is 71.2 cm³/mol. The third-order valence-corrected chi connectivity index (χ3v) is 2.88. The van der Waals surface area contributed by atoms with Gasteiger partial charge in [0, 0.05) is 18.5 Å². The molecule has 0 bridgehead atoms. The lowest BCUT2D eigenvalue weighted by atomic mass is 10.1. The summed E-state index contributed by atoms with van der Waals surface area (Å²) in [4.78, 5) is 10.8. The van der Waals surface area contributed by atoms with E-state index in [0.29, 0.717) is 5.58 Å². The van der Waals surface area contributed by atoms with Crippen molar-refractivity contribution in [3.05, 3.63) is 35.6 Å². The van der Waals surface area contributed by atoms with Crippen molar-refractivity contribution in [1.82, 2.24) is 5.32 Å². The molecule has 2 aromatic rings. The Kier molecular flexibility index (Phi) is 4.54. The zero-order valence-electron chi connectivity index (χ0n) is 10.6. The highest BCUT2D eigenvalue weighted by atomic mass is 16.4. The fraction of sp³-hybridized carbons (Fsp3) is 0.357. The van der Waals surface area contributed by atoms with Crippen molar-refractivity contribution >= 4 is 16.9 Å². The molecule has 0 unspecified atom stereocenters. The number of fused-ring (bicyclic) bond motifs is 1. The minimum absolute atomic E-state index is 0.0388. The van der Waals surface area contributed by atoms with Gasteiger partial charge in [-0.2, -0.15) is 0 Å². The maximum Gasteiger partial charge on any atom is 0.371 e. The number of carboxylic acids is 1. The Balaban J connectivity index is 1.98. The first kappa shape index (κ1) is 13.6. The number of rotatable bonds is 7. The van der Waals surface area contributed by atoms with Crippen molar-refractivity contribution < 1.29 is 19.4 Å². The summed E-state index contributed by atoms with van der Waals surface area (Å²) in [5.74, 6) is -1.09. The summed E-state index contributed by atoms with van der Waals surface area (Å²) in [6.07, 6.45) is 1.74. The Labute approximate surface area is 110 Å². The lowest BCUT2D eigenvalue weighted by molar-refractivity contribution is 0.0665. The Morgan fingerprint density at radius 3 is 2.84 bits per heavy atom. The molecule has 5 heteroatoms. The number of aliphatic hydroxyl groups is 1. The molecule has 1 aromatic heterocycles. The molecule has 0 aliphatic carbocycles. The van der Waals surface area contributed by atoms with Crippen LogP contribution in [0.1, 0.15) is 29.0 Å². The zero-order valence-corrected chi connectivity index (χ0v) is 10.6. The highest BCUT2D eigenvalue weighted by molar-refractivity contribution is 5.91. The summed E-state index contributed by atoms with van der Waals surface area (Å²) in [6, 6.07) is 7.15. The first-order valence-corrected chi connectivity index (χ1v) is 6.28. The van der Waals surface area contributed by atoms with Crippen molar-refractivity contribution in [1.29, 1.82) is 0 Å². The molecule has 1 heterocycles. The smallest absolute Gasteiger partial charge is 0.371 e. The van der Waals surface area contributed by atoms with Gasteiger partial charge in [-0.1, -0.05) is 6.07 Å². The van der Waals surface area contributed by atoms with Crippen LogP contribution in [0, 0.1) is 0 Å². The van der Waals surface area contributed by atoms with Gasteiger partial charge in [0.1, 0.15) is 5.58 Å². The minimum Gasteiger partial charge on any atom is -0.475 e. The molecular weight excluding hydrogens is 246 g/mol. The van der Waals surface area contributed by atoms with E-state index >= 15 is 0 Å². The largest absolute Gasteiger partial charge is 0.475 e. The van der Waals surface area contributed by atoms with Gasteiger partial charge in [-0.3, -0.25) is 0 Å². The molecule has 0 radical (unpaired) electrons. The number of nitrogens with one attached hydrogen (secondary N) is 1. The Morgan fingerprint density at radius 2 is 2.11 bits per heavy atom. The molecule has 2 rings (SSSR count). The molecule has 0 aliphatic rings. The predicted octanol–water partition coefficient (Wildman–Crippen LogP) is 1.99. The number of benzene rings is 1. The van der Waals surface area contributed by atoms with Crippen molar-refractivity contribution in [2.24, 2.45) is 0 Å². The summed E-state index contributed by atoms with van der Waals surface area (Å²) in [7, 11) is 0. The number of aliphatic hydroxyl groups excluding tert-OH is 1. The summed E-state index contributed by atoms with van der Waals surface area (Å²) >= 11 is 0. The van der Waals surface area contributed by atoms with Crippen LogP contribution < -0.4 is 5.32 Å². The van der Waals surface area contributed by atoms with Gasteiger partial charge in [-0.05, 0) is 43.1 Å². The summed E-state index contributed by atoms with van der Waals surface area (Å²) in [5.41, 5.74) is 1.66. The van der Waals surface area contributed by atoms with E-state index in [1.165, 1.54) is 6.07 Å². The van der Waals surface area contributed by atoms with E-state index in [4.69, 9.17) is 14.6 Å². The topological polar surface area (TPSA) is 82.7 Å². The number of carboxylic acid groups (broad SMARTS) is 1. The number of carbonyl (C=O) groups is 1. The van der Waals surface area contributed by atoms with Gasteiger partial charge in [-0.15, -0.1) is 0 Å². The Bertz CT molecular complexity index is 562. The van der Waals surface area contributed by atoms with E-state index in [1.54, 1.807) is 6.07 Å². The summed E-state index contributed by atoms with van der Waals surface area (Å²) < 4.78 is 5.19. The van der Waals surface area contributed by atoms with Gasteiger partial charge in [0.2, 0.25) is 5.76 Å². The lowest BCUT2D eigenvalue weighted by Crippen LogP contribution is -2.14. The second kappa shape index (κ2) is 6.36. The second-order valence-corrected chi connectivity index (χ2v) is 4.40. The molecule has 0 fully saturated rings. The maximum absolute atomic E-state index is 10.8. The average molecular weight is 263 g/mol. The Morgan fingerprint density at radius 1 is 1.26 bits per heavy atom. The van der Waals surface area contributed by atoms with Crippen LogP contribution in [0.4, 0.5) is 0 Å². The van der Waals surface area contributed by atoms with Gasteiger partial charge >= 0.3 is 5.97 Å². The SMILES string of the molecule is O=C(O)c1cc2cc(CNCCCCO)ccc2o1. The van der Waals surface area contributed by atoms with Crippen LogP contribution in [0.2, 0.25) is 0 Å². The average Bonchev–Trinajstić information content (AvgIpc) is 2.82. The van der Waals surface area contributed by atoms with Crippen molar-refractivity contribution in [3.8, 4) is 0 Å². The van der Waals surface area contributed by atoms with Crippen LogP contribution in [-0.2, 0) is 6.54 Å². The van der Waals surface area contributed by atoms with E-state index in [2.05, 4.69) is 5.32 Å². The van der Waals surface area contributed by atoms with Crippen LogP contribution in [0.5, 0.6) is 0 Å².